The zero-order valence-corrected chi connectivity index (χ0v) is 21.0. The molecular weight excluding hydrogens is 494 g/mol. The summed E-state index contributed by atoms with van der Waals surface area (Å²) in [7, 11) is 0. The summed E-state index contributed by atoms with van der Waals surface area (Å²) in [5, 5.41) is 0.586. The molecule has 170 valence electrons. The fourth-order valence-corrected chi connectivity index (χ4v) is 4.12. The number of carbonyl (C=O) groups is 2. The van der Waals surface area contributed by atoms with Crippen molar-refractivity contribution in [1.82, 2.24) is 4.98 Å². The number of aromatic nitrogens is 1. The summed E-state index contributed by atoms with van der Waals surface area (Å²) in [6.07, 6.45) is 0.740. The normalized spacial score (nSPS) is 10.4. The molecule has 1 heterocycles. The number of benzene rings is 3. The van der Waals surface area contributed by atoms with Gasteiger partial charge in [-0.3, -0.25) is 9.59 Å². The van der Waals surface area contributed by atoms with Crippen LogP contribution in [0.1, 0.15) is 11.1 Å². The summed E-state index contributed by atoms with van der Waals surface area (Å²) in [5.74, 6) is 2.06. The Labute approximate surface area is 212 Å². The Morgan fingerprint density at radius 3 is 2.36 bits per heavy atom. The van der Waals surface area contributed by atoms with Gasteiger partial charge in [0.1, 0.15) is 23.1 Å². The van der Waals surface area contributed by atoms with E-state index in [9.17, 15) is 9.59 Å². The van der Waals surface area contributed by atoms with Crippen molar-refractivity contribution in [2.24, 2.45) is 0 Å². The molecule has 3 aromatic carbocycles. The molecule has 0 bridgehead atoms. The second-order valence-corrected chi connectivity index (χ2v) is 9.02. The molecule has 4 aromatic rings. The van der Waals surface area contributed by atoms with Crippen molar-refractivity contribution in [3.8, 4) is 11.5 Å². The number of hydrogen-bond acceptors (Lipinski definition) is 7. The summed E-state index contributed by atoms with van der Waals surface area (Å²) in [6.45, 7) is 0. The smallest absolute Gasteiger partial charge is 0.146 e. The van der Waals surface area contributed by atoms with Crippen molar-refractivity contribution in [2.45, 2.75) is 12.8 Å². The van der Waals surface area contributed by atoms with E-state index >= 15 is 0 Å². The van der Waals surface area contributed by atoms with Crippen molar-refractivity contribution in [3.63, 3.8) is 0 Å². The van der Waals surface area contributed by atoms with Gasteiger partial charge in [-0.15, -0.1) is 11.3 Å². The number of carbonyl (C=O) groups excluding carboxylic acids is 2. The Bertz CT molecular complexity index is 1230. The Hall–Kier alpha value is -2.32. The van der Waals surface area contributed by atoms with Crippen LogP contribution < -0.4 is 4.74 Å². The second-order valence-electron chi connectivity index (χ2n) is 7.07. The number of Topliss-reactive ketones (excluding diaryl/α,β-unsaturated/α-hetero) is 2. The van der Waals surface area contributed by atoms with Crippen LogP contribution in [0.5, 0.6) is 11.5 Å². The maximum absolute atomic E-state index is 11.5. The monoisotopic (exact) mass is 515 g/mol. The standard InChI is InChI=1S/C15H13ClO2S.C10H9NOS2/c16-12-6-7-15(11(8-12)9-13(17)10-19)18-14-4-2-1-3-5-14;12-8(5-13)3-7-1-2-9-10(4-7)14-6-11-9/h1-8,19H,9-10H2;1-2,4,6,13H,3,5H2. The molecular formula is C25H22ClNO3S3. The van der Waals surface area contributed by atoms with Crippen LogP contribution in [0.4, 0.5) is 0 Å². The molecule has 0 spiro atoms. The third-order valence-electron chi connectivity index (χ3n) is 4.53. The molecule has 33 heavy (non-hydrogen) atoms. The Kier molecular flexibility index (Phi) is 9.81. The van der Waals surface area contributed by atoms with E-state index in [1.54, 1.807) is 29.5 Å². The number of halogens is 1. The first-order chi connectivity index (χ1) is 16.0. The lowest BCUT2D eigenvalue weighted by Gasteiger charge is -2.11. The largest absolute Gasteiger partial charge is 0.457 e. The molecule has 0 N–H and O–H groups in total. The number of fused-ring (bicyclic) bond motifs is 1. The first-order valence-corrected chi connectivity index (χ1v) is 12.6. The lowest BCUT2D eigenvalue weighted by Crippen LogP contribution is -2.05. The number of thiazole rings is 1. The van der Waals surface area contributed by atoms with Crippen LogP contribution in [0.2, 0.25) is 5.02 Å². The van der Waals surface area contributed by atoms with Crippen molar-refractivity contribution < 1.29 is 14.3 Å². The molecule has 0 aliphatic carbocycles. The Morgan fingerprint density at radius 1 is 0.909 bits per heavy atom. The SMILES string of the molecule is O=C(CS)Cc1cc(Cl)ccc1Oc1ccccc1.O=C(CS)Cc1ccc2ncsc2c1. The molecule has 4 nitrogen and oxygen atoms in total. The van der Waals surface area contributed by atoms with Crippen LogP contribution in [-0.2, 0) is 22.4 Å². The number of ketones is 2. The minimum atomic E-state index is 0.0310. The molecule has 0 radical (unpaired) electrons. The molecule has 8 heteroatoms. The summed E-state index contributed by atoms with van der Waals surface area (Å²) in [5.41, 5.74) is 4.63. The van der Waals surface area contributed by atoms with Crippen molar-refractivity contribution in [2.75, 3.05) is 11.5 Å². The molecule has 0 aliphatic rings. The van der Waals surface area contributed by atoms with Gasteiger partial charge in [0.15, 0.2) is 0 Å². The number of nitrogens with zero attached hydrogens (tertiary/aromatic N) is 1. The van der Waals surface area contributed by atoms with Gasteiger partial charge in [0.25, 0.3) is 0 Å². The number of thiol groups is 2. The molecule has 1 aromatic heterocycles. The zero-order valence-electron chi connectivity index (χ0n) is 17.6. The highest BCUT2D eigenvalue weighted by Crippen LogP contribution is 2.28. The van der Waals surface area contributed by atoms with Crippen LogP contribution in [0, 0.1) is 0 Å². The van der Waals surface area contributed by atoms with E-state index in [1.165, 1.54) is 0 Å². The summed E-state index contributed by atoms with van der Waals surface area (Å²) < 4.78 is 6.91. The lowest BCUT2D eigenvalue weighted by molar-refractivity contribution is -0.116. The van der Waals surface area contributed by atoms with Crippen molar-refractivity contribution in [1.29, 1.82) is 0 Å². The van der Waals surface area contributed by atoms with Crippen LogP contribution in [0.15, 0.2) is 72.2 Å². The molecule has 0 saturated heterocycles. The van der Waals surface area contributed by atoms with Crippen molar-refractivity contribution >= 4 is 70.0 Å². The van der Waals surface area contributed by atoms with E-state index in [-0.39, 0.29) is 23.7 Å². The summed E-state index contributed by atoms with van der Waals surface area (Å²) >= 11 is 15.5. The maximum atomic E-state index is 11.5. The van der Waals surface area contributed by atoms with Gasteiger partial charge in [0, 0.05) is 34.9 Å². The van der Waals surface area contributed by atoms with E-state index in [0.29, 0.717) is 22.9 Å². The number of rotatable bonds is 8. The summed E-state index contributed by atoms with van der Waals surface area (Å²) in [4.78, 5) is 26.9. The van der Waals surface area contributed by atoms with Crippen LogP contribution in [0.3, 0.4) is 0 Å². The van der Waals surface area contributed by atoms with Gasteiger partial charge in [0.05, 0.1) is 15.7 Å². The Balaban J connectivity index is 0.000000194. The van der Waals surface area contributed by atoms with Gasteiger partial charge in [-0.25, -0.2) is 4.98 Å². The predicted molar refractivity (Wildman–Crippen MR) is 143 cm³/mol. The third-order valence-corrected chi connectivity index (χ3v) is 6.26. The van der Waals surface area contributed by atoms with Gasteiger partial charge in [-0.2, -0.15) is 25.3 Å². The zero-order chi connectivity index (χ0) is 23.6. The van der Waals surface area contributed by atoms with E-state index in [1.807, 2.05) is 54.0 Å². The third kappa shape index (κ3) is 7.89. The fourth-order valence-electron chi connectivity index (χ4n) is 2.96. The molecule has 0 atom stereocenters. The van der Waals surface area contributed by atoms with Gasteiger partial charge in [-0.05, 0) is 48.0 Å². The Morgan fingerprint density at radius 2 is 1.64 bits per heavy atom. The number of ether oxygens (including phenoxy) is 1. The molecule has 4 rings (SSSR count). The molecule has 0 unspecified atom stereocenters. The van der Waals surface area contributed by atoms with Gasteiger partial charge < -0.3 is 4.74 Å². The van der Waals surface area contributed by atoms with Crippen LogP contribution in [0.25, 0.3) is 10.2 Å². The molecule has 0 fully saturated rings. The average Bonchev–Trinajstić information content (AvgIpc) is 3.30. The predicted octanol–water partition coefficient (Wildman–Crippen LogP) is 6.51. The van der Waals surface area contributed by atoms with Crippen molar-refractivity contribution in [3.05, 3.63) is 88.4 Å². The van der Waals surface area contributed by atoms with Crippen LogP contribution >= 0.6 is 48.2 Å². The highest BCUT2D eigenvalue weighted by atomic mass is 35.5. The maximum Gasteiger partial charge on any atom is 0.146 e. The first kappa shape index (κ1) is 25.3. The molecule has 0 saturated carbocycles. The molecule has 0 aliphatic heterocycles. The minimum absolute atomic E-state index is 0.0310. The summed E-state index contributed by atoms with van der Waals surface area (Å²) in [6, 6.07) is 20.6. The average molecular weight is 516 g/mol. The molecule has 0 amide bonds. The van der Waals surface area contributed by atoms with Gasteiger partial charge in [-0.1, -0.05) is 35.9 Å². The van der Waals surface area contributed by atoms with E-state index < -0.39 is 0 Å². The quantitative estimate of drug-likeness (QED) is 0.262. The van der Waals surface area contributed by atoms with Gasteiger partial charge >= 0.3 is 0 Å². The number of hydrogen-bond donors (Lipinski definition) is 2. The second kappa shape index (κ2) is 12.8. The van der Waals surface area contributed by atoms with E-state index in [2.05, 4.69) is 30.2 Å². The number of para-hydroxylation sites is 1. The van der Waals surface area contributed by atoms with Gasteiger partial charge in [0.2, 0.25) is 0 Å². The van der Waals surface area contributed by atoms with Crippen LogP contribution in [-0.4, -0.2) is 28.1 Å². The fraction of sp³-hybridized carbons (Fsp3) is 0.160. The highest BCUT2D eigenvalue weighted by Gasteiger charge is 2.10. The first-order valence-electron chi connectivity index (χ1n) is 10.1. The minimum Gasteiger partial charge on any atom is -0.457 e. The topological polar surface area (TPSA) is 56.3 Å². The van der Waals surface area contributed by atoms with E-state index in [4.69, 9.17) is 16.3 Å². The lowest BCUT2D eigenvalue weighted by atomic mass is 10.1. The highest BCUT2D eigenvalue weighted by molar-refractivity contribution is 7.81. The van der Waals surface area contributed by atoms with E-state index in [0.717, 1.165) is 27.1 Å².